The topological polar surface area (TPSA) is 50.9 Å². The molecule has 74 valence electrons. The van der Waals surface area contributed by atoms with E-state index < -0.39 is 0 Å². The largest absolute Gasteiger partial charge is 0.362 e. The Morgan fingerprint density at radius 2 is 2.46 bits per heavy atom. The maximum absolute atomic E-state index is 5.68. The van der Waals surface area contributed by atoms with Gasteiger partial charge >= 0.3 is 0 Å². The molecule has 1 unspecified atom stereocenters. The molecular weight excluding hydrogens is 182 g/mol. The van der Waals surface area contributed by atoms with Gasteiger partial charge in [-0.15, -0.1) is 11.3 Å². The SMILES string of the molecule is CCCNc1nc(CC(C)N)cs1. The summed E-state index contributed by atoms with van der Waals surface area (Å²) in [6.45, 7) is 5.13. The van der Waals surface area contributed by atoms with Gasteiger partial charge in [-0.3, -0.25) is 0 Å². The van der Waals surface area contributed by atoms with Crippen LogP contribution in [0.15, 0.2) is 5.38 Å². The van der Waals surface area contributed by atoms with Crippen molar-refractivity contribution < 1.29 is 0 Å². The van der Waals surface area contributed by atoms with Crippen LogP contribution in [0.1, 0.15) is 26.0 Å². The van der Waals surface area contributed by atoms with Crippen molar-refractivity contribution in [3.8, 4) is 0 Å². The fourth-order valence-electron chi connectivity index (χ4n) is 1.04. The maximum atomic E-state index is 5.68. The molecule has 1 aromatic rings. The summed E-state index contributed by atoms with van der Waals surface area (Å²) in [5.41, 5.74) is 6.77. The van der Waals surface area contributed by atoms with E-state index in [1.807, 2.05) is 6.92 Å². The molecule has 0 aliphatic carbocycles. The predicted molar refractivity (Wildman–Crippen MR) is 58.2 cm³/mol. The summed E-state index contributed by atoms with van der Waals surface area (Å²) in [6.07, 6.45) is 1.99. The van der Waals surface area contributed by atoms with Gasteiger partial charge in [0.2, 0.25) is 0 Å². The van der Waals surface area contributed by atoms with E-state index in [1.165, 1.54) is 0 Å². The third-order valence-electron chi connectivity index (χ3n) is 1.61. The number of anilines is 1. The third kappa shape index (κ3) is 3.74. The molecule has 0 bridgehead atoms. The van der Waals surface area contributed by atoms with E-state index in [2.05, 4.69) is 22.6 Å². The minimum atomic E-state index is 0.195. The van der Waals surface area contributed by atoms with Gasteiger partial charge in [0, 0.05) is 24.4 Å². The monoisotopic (exact) mass is 199 g/mol. The summed E-state index contributed by atoms with van der Waals surface area (Å²) in [5.74, 6) is 0. The normalized spacial score (nSPS) is 12.8. The van der Waals surface area contributed by atoms with Gasteiger partial charge in [0.05, 0.1) is 5.69 Å². The van der Waals surface area contributed by atoms with E-state index in [9.17, 15) is 0 Å². The zero-order valence-electron chi connectivity index (χ0n) is 8.21. The number of thiazole rings is 1. The van der Waals surface area contributed by atoms with E-state index >= 15 is 0 Å². The van der Waals surface area contributed by atoms with Crippen molar-refractivity contribution in [2.45, 2.75) is 32.7 Å². The number of nitrogens with zero attached hydrogens (tertiary/aromatic N) is 1. The van der Waals surface area contributed by atoms with Crippen LogP contribution in [-0.2, 0) is 6.42 Å². The summed E-state index contributed by atoms with van der Waals surface area (Å²) in [5, 5.41) is 6.34. The Kier molecular flexibility index (Phi) is 4.18. The van der Waals surface area contributed by atoms with Gasteiger partial charge in [-0.05, 0) is 13.3 Å². The number of hydrogen-bond acceptors (Lipinski definition) is 4. The van der Waals surface area contributed by atoms with Gasteiger partial charge in [-0.25, -0.2) is 4.98 Å². The molecule has 1 atom stereocenters. The first-order valence-corrected chi connectivity index (χ1v) is 5.54. The highest BCUT2D eigenvalue weighted by molar-refractivity contribution is 7.13. The van der Waals surface area contributed by atoms with Crippen LogP contribution >= 0.6 is 11.3 Å². The minimum Gasteiger partial charge on any atom is -0.362 e. The Morgan fingerprint density at radius 3 is 3.08 bits per heavy atom. The van der Waals surface area contributed by atoms with Crippen LogP contribution in [0.4, 0.5) is 5.13 Å². The number of hydrogen-bond donors (Lipinski definition) is 2. The minimum absolute atomic E-state index is 0.195. The Morgan fingerprint density at radius 1 is 1.69 bits per heavy atom. The first kappa shape index (κ1) is 10.5. The molecule has 0 amide bonds. The summed E-state index contributed by atoms with van der Waals surface area (Å²) in [6, 6.07) is 0.195. The molecule has 0 saturated carbocycles. The second-order valence-electron chi connectivity index (χ2n) is 3.25. The number of nitrogens with one attached hydrogen (secondary N) is 1. The molecule has 1 rings (SSSR count). The molecular formula is C9H17N3S. The lowest BCUT2D eigenvalue weighted by Gasteiger charge is -2.00. The molecule has 13 heavy (non-hydrogen) atoms. The highest BCUT2D eigenvalue weighted by Gasteiger charge is 2.02. The molecule has 0 aromatic carbocycles. The lowest BCUT2D eigenvalue weighted by Crippen LogP contribution is -2.17. The van der Waals surface area contributed by atoms with Crippen molar-refractivity contribution in [1.29, 1.82) is 0 Å². The highest BCUT2D eigenvalue weighted by Crippen LogP contribution is 2.15. The number of aromatic nitrogens is 1. The molecule has 3 nitrogen and oxygen atoms in total. The zero-order chi connectivity index (χ0) is 9.68. The quantitative estimate of drug-likeness (QED) is 0.761. The van der Waals surface area contributed by atoms with Crippen LogP contribution in [-0.4, -0.2) is 17.6 Å². The summed E-state index contributed by atoms with van der Waals surface area (Å²) in [7, 11) is 0. The zero-order valence-corrected chi connectivity index (χ0v) is 9.03. The first-order valence-electron chi connectivity index (χ1n) is 4.66. The number of rotatable bonds is 5. The van der Waals surface area contributed by atoms with Crippen molar-refractivity contribution in [2.75, 3.05) is 11.9 Å². The second kappa shape index (κ2) is 5.19. The molecule has 1 aromatic heterocycles. The summed E-state index contributed by atoms with van der Waals surface area (Å²) < 4.78 is 0. The lowest BCUT2D eigenvalue weighted by molar-refractivity contribution is 0.726. The van der Waals surface area contributed by atoms with E-state index in [0.717, 1.165) is 30.2 Å². The smallest absolute Gasteiger partial charge is 0.182 e. The van der Waals surface area contributed by atoms with Gasteiger partial charge in [0.15, 0.2) is 5.13 Å². The van der Waals surface area contributed by atoms with Gasteiger partial charge in [-0.2, -0.15) is 0 Å². The predicted octanol–water partition coefficient (Wildman–Crippen LogP) is 1.85. The van der Waals surface area contributed by atoms with Crippen molar-refractivity contribution in [1.82, 2.24) is 4.98 Å². The van der Waals surface area contributed by atoms with Crippen molar-refractivity contribution >= 4 is 16.5 Å². The lowest BCUT2D eigenvalue weighted by atomic mass is 10.2. The average molecular weight is 199 g/mol. The van der Waals surface area contributed by atoms with Crippen molar-refractivity contribution in [3.63, 3.8) is 0 Å². The summed E-state index contributed by atoms with van der Waals surface area (Å²) >= 11 is 1.65. The van der Waals surface area contributed by atoms with Crippen LogP contribution in [0.5, 0.6) is 0 Å². The van der Waals surface area contributed by atoms with Crippen molar-refractivity contribution in [3.05, 3.63) is 11.1 Å². The molecule has 3 N–H and O–H groups in total. The Bertz CT molecular complexity index is 245. The van der Waals surface area contributed by atoms with E-state index in [1.54, 1.807) is 11.3 Å². The number of nitrogens with two attached hydrogens (primary N) is 1. The molecule has 0 spiro atoms. The van der Waals surface area contributed by atoms with Crippen LogP contribution in [0.2, 0.25) is 0 Å². The standard InChI is InChI=1S/C9H17N3S/c1-3-4-11-9-12-8(6-13-9)5-7(2)10/h6-7H,3-5,10H2,1-2H3,(H,11,12). The first-order chi connectivity index (χ1) is 6.22. The van der Waals surface area contributed by atoms with E-state index in [0.29, 0.717) is 0 Å². The van der Waals surface area contributed by atoms with Gasteiger partial charge in [-0.1, -0.05) is 6.92 Å². The molecule has 0 fully saturated rings. The second-order valence-corrected chi connectivity index (χ2v) is 4.11. The summed E-state index contributed by atoms with van der Waals surface area (Å²) in [4.78, 5) is 4.42. The average Bonchev–Trinajstić information content (AvgIpc) is 2.48. The Labute approximate surface area is 83.4 Å². The fourth-order valence-corrected chi connectivity index (χ4v) is 1.80. The molecule has 1 heterocycles. The molecule has 0 radical (unpaired) electrons. The Hall–Kier alpha value is -0.610. The van der Waals surface area contributed by atoms with Gasteiger partial charge < -0.3 is 11.1 Å². The maximum Gasteiger partial charge on any atom is 0.182 e. The van der Waals surface area contributed by atoms with E-state index in [-0.39, 0.29) is 6.04 Å². The van der Waals surface area contributed by atoms with Crippen LogP contribution in [0.25, 0.3) is 0 Å². The van der Waals surface area contributed by atoms with E-state index in [4.69, 9.17) is 5.73 Å². The van der Waals surface area contributed by atoms with Crippen LogP contribution < -0.4 is 11.1 Å². The Balaban J connectivity index is 2.44. The molecule has 0 aliphatic heterocycles. The molecule has 0 aliphatic rings. The fraction of sp³-hybridized carbons (Fsp3) is 0.667. The molecule has 4 heteroatoms. The molecule has 0 saturated heterocycles. The van der Waals surface area contributed by atoms with Crippen LogP contribution in [0.3, 0.4) is 0 Å². The van der Waals surface area contributed by atoms with Gasteiger partial charge in [0.1, 0.15) is 0 Å². The highest BCUT2D eigenvalue weighted by atomic mass is 32.1. The van der Waals surface area contributed by atoms with Crippen molar-refractivity contribution in [2.24, 2.45) is 5.73 Å². The van der Waals surface area contributed by atoms with Crippen LogP contribution in [0, 0.1) is 0 Å². The third-order valence-corrected chi connectivity index (χ3v) is 2.46. The van der Waals surface area contributed by atoms with Gasteiger partial charge in [0.25, 0.3) is 0 Å².